The van der Waals surface area contributed by atoms with E-state index in [1.54, 1.807) is 0 Å². The summed E-state index contributed by atoms with van der Waals surface area (Å²) < 4.78 is 27.3. The van der Waals surface area contributed by atoms with Gasteiger partial charge in [0.1, 0.15) is 4.34 Å². The predicted octanol–water partition coefficient (Wildman–Crippen LogP) is 3.30. The van der Waals surface area contributed by atoms with E-state index in [1.807, 2.05) is 0 Å². The molecule has 1 aliphatic heterocycles. The Kier molecular flexibility index (Phi) is 6.61. The lowest BCUT2D eigenvalue weighted by molar-refractivity contribution is 0.0847. The van der Waals surface area contributed by atoms with E-state index in [2.05, 4.69) is 10.9 Å². The van der Waals surface area contributed by atoms with Gasteiger partial charge in [-0.05, 0) is 43.2 Å². The lowest BCUT2D eigenvalue weighted by Crippen LogP contribution is -2.41. The number of sulfonamides is 1. The maximum atomic E-state index is 12.6. The molecule has 0 aliphatic carbocycles. The molecule has 0 unspecified atom stereocenters. The number of carbonyl (C=O) groups excluding carboxylic acids is 2. The lowest BCUT2D eigenvalue weighted by Gasteiger charge is -2.25. The summed E-state index contributed by atoms with van der Waals surface area (Å²) in [5.41, 5.74) is 4.86. The second-order valence-corrected chi connectivity index (χ2v) is 10.4. The number of amides is 2. The Bertz CT molecular complexity index is 984. The van der Waals surface area contributed by atoms with Crippen LogP contribution >= 0.6 is 34.5 Å². The van der Waals surface area contributed by atoms with E-state index in [9.17, 15) is 18.0 Å². The van der Waals surface area contributed by atoms with Gasteiger partial charge in [-0.15, -0.1) is 11.3 Å². The molecule has 0 saturated carbocycles. The van der Waals surface area contributed by atoms with E-state index in [0.29, 0.717) is 17.4 Å². The second-order valence-electron chi connectivity index (χ2n) is 6.14. The highest BCUT2D eigenvalue weighted by Gasteiger charge is 2.26. The van der Waals surface area contributed by atoms with Crippen molar-refractivity contribution in [3.8, 4) is 0 Å². The SMILES string of the molecule is O=C(NNC(=O)c1cc(Cl)sc1Cl)c1ccc(S(=O)(=O)N2CCCCC2)cc1. The fourth-order valence-electron chi connectivity index (χ4n) is 2.78. The number of nitrogens with zero attached hydrogens (tertiary/aromatic N) is 1. The van der Waals surface area contributed by atoms with E-state index in [0.717, 1.165) is 30.6 Å². The molecule has 2 amide bonds. The second kappa shape index (κ2) is 8.79. The van der Waals surface area contributed by atoms with Gasteiger partial charge in [-0.25, -0.2) is 8.42 Å². The van der Waals surface area contributed by atoms with E-state index >= 15 is 0 Å². The molecule has 1 aliphatic rings. The fourth-order valence-corrected chi connectivity index (χ4v) is 5.76. The highest BCUT2D eigenvalue weighted by atomic mass is 35.5. The third-order valence-electron chi connectivity index (χ3n) is 4.26. The Labute approximate surface area is 176 Å². The van der Waals surface area contributed by atoms with Gasteiger partial charge in [0.05, 0.1) is 14.8 Å². The topological polar surface area (TPSA) is 95.6 Å². The van der Waals surface area contributed by atoms with Crippen LogP contribution in [-0.4, -0.2) is 37.6 Å². The quantitative estimate of drug-likeness (QED) is 0.682. The maximum Gasteiger partial charge on any atom is 0.272 e. The highest BCUT2D eigenvalue weighted by molar-refractivity contribution is 7.89. The Morgan fingerprint density at radius 1 is 0.964 bits per heavy atom. The Balaban J connectivity index is 1.63. The van der Waals surface area contributed by atoms with Crippen molar-refractivity contribution in [1.82, 2.24) is 15.2 Å². The average molecular weight is 462 g/mol. The number of benzene rings is 1. The van der Waals surface area contributed by atoms with Crippen molar-refractivity contribution in [2.45, 2.75) is 24.2 Å². The molecule has 2 aromatic rings. The molecule has 1 fully saturated rings. The van der Waals surface area contributed by atoms with Crippen molar-refractivity contribution in [1.29, 1.82) is 0 Å². The molecule has 0 atom stereocenters. The molecule has 2 heterocycles. The van der Waals surface area contributed by atoms with E-state index in [-0.39, 0.29) is 20.4 Å². The molecule has 28 heavy (non-hydrogen) atoms. The van der Waals surface area contributed by atoms with Crippen LogP contribution in [-0.2, 0) is 10.0 Å². The van der Waals surface area contributed by atoms with Gasteiger partial charge in [0, 0.05) is 18.7 Å². The van der Waals surface area contributed by atoms with Gasteiger partial charge >= 0.3 is 0 Å². The van der Waals surface area contributed by atoms with Crippen LogP contribution in [0.4, 0.5) is 0 Å². The van der Waals surface area contributed by atoms with Crippen LogP contribution in [0.15, 0.2) is 35.2 Å². The van der Waals surface area contributed by atoms with Gasteiger partial charge in [-0.2, -0.15) is 4.31 Å². The van der Waals surface area contributed by atoms with Gasteiger partial charge in [-0.1, -0.05) is 29.6 Å². The number of nitrogens with one attached hydrogen (secondary N) is 2. The normalized spacial score (nSPS) is 15.2. The van der Waals surface area contributed by atoms with Crippen molar-refractivity contribution >= 4 is 56.4 Å². The van der Waals surface area contributed by atoms with Gasteiger partial charge in [-0.3, -0.25) is 20.4 Å². The van der Waals surface area contributed by atoms with Gasteiger partial charge in [0.15, 0.2) is 0 Å². The van der Waals surface area contributed by atoms with Crippen LogP contribution in [0.2, 0.25) is 8.67 Å². The summed E-state index contributed by atoms with van der Waals surface area (Å²) in [4.78, 5) is 24.4. The first-order valence-corrected chi connectivity index (χ1v) is 11.5. The average Bonchev–Trinajstić information content (AvgIpc) is 3.04. The minimum Gasteiger partial charge on any atom is -0.267 e. The first-order chi connectivity index (χ1) is 13.3. The summed E-state index contributed by atoms with van der Waals surface area (Å²) >= 11 is 12.7. The van der Waals surface area contributed by atoms with Crippen LogP contribution in [0, 0.1) is 0 Å². The molecular formula is C17H17Cl2N3O4S2. The summed E-state index contributed by atoms with van der Waals surface area (Å²) in [6.07, 6.45) is 2.72. The molecule has 7 nitrogen and oxygen atoms in total. The molecule has 3 rings (SSSR count). The summed E-state index contributed by atoms with van der Waals surface area (Å²) in [7, 11) is -3.56. The predicted molar refractivity (Wildman–Crippen MR) is 108 cm³/mol. The van der Waals surface area contributed by atoms with E-state index in [1.165, 1.54) is 34.6 Å². The van der Waals surface area contributed by atoms with Crippen molar-refractivity contribution in [2.75, 3.05) is 13.1 Å². The van der Waals surface area contributed by atoms with Gasteiger partial charge < -0.3 is 0 Å². The van der Waals surface area contributed by atoms with E-state index < -0.39 is 21.8 Å². The van der Waals surface area contributed by atoms with Crippen LogP contribution in [0.1, 0.15) is 40.0 Å². The van der Waals surface area contributed by atoms with Crippen molar-refractivity contribution in [3.05, 3.63) is 50.1 Å². The Morgan fingerprint density at radius 3 is 2.14 bits per heavy atom. The smallest absolute Gasteiger partial charge is 0.267 e. The van der Waals surface area contributed by atoms with Crippen LogP contribution in [0.25, 0.3) is 0 Å². The molecule has 11 heteroatoms. The molecule has 0 spiro atoms. The molecular weight excluding hydrogens is 445 g/mol. The third-order valence-corrected chi connectivity index (χ3v) is 7.66. The number of carbonyl (C=O) groups is 2. The van der Waals surface area contributed by atoms with Crippen LogP contribution in [0.3, 0.4) is 0 Å². The third kappa shape index (κ3) is 4.66. The van der Waals surface area contributed by atoms with Gasteiger partial charge in [0.25, 0.3) is 11.8 Å². The number of thiophene rings is 1. The minimum atomic E-state index is -3.56. The molecule has 1 saturated heterocycles. The molecule has 1 aromatic heterocycles. The monoisotopic (exact) mass is 461 g/mol. The van der Waals surface area contributed by atoms with Crippen molar-refractivity contribution in [3.63, 3.8) is 0 Å². The van der Waals surface area contributed by atoms with Crippen LogP contribution in [0.5, 0.6) is 0 Å². The largest absolute Gasteiger partial charge is 0.272 e. The summed E-state index contributed by atoms with van der Waals surface area (Å²) in [6.45, 7) is 1.01. The number of hydrazine groups is 1. The summed E-state index contributed by atoms with van der Waals surface area (Å²) in [6, 6.07) is 6.96. The lowest BCUT2D eigenvalue weighted by atomic mass is 10.2. The number of halogens is 2. The number of hydrogen-bond donors (Lipinski definition) is 2. The molecule has 2 N–H and O–H groups in total. The van der Waals surface area contributed by atoms with Crippen molar-refractivity contribution < 1.29 is 18.0 Å². The van der Waals surface area contributed by atoms with Crippen molar-refractivity contribution in [2.24, 2.45) is 0 Å². The molecule has 0 radical (unpaired) electrons. The number of rotatable bonds is 4. The van der Waals surface area contributed by atoms with Crippen LogP contribution < -0.4 is 10.9 Å². The fraction of sp³-hybridized carbons (Fsp3) is 0.294. The first kappa shape index (κ1) is 21.1. The zero-order chi connectivity index (χ0) is 20.3. The summed E-state index contributed by atoms with van der Waals surface area (Å²) in [5, 5.41) is 0. The molecule has 1 aromatic carbocycles. The zero-order valence-electron chi connectivity index (χ0n) is 14.6. The molecule has 0 bridgehead atoms. The highest BCUT2D eigenvalue weighted by Crippen LogP contribution is 2.30. The minimum absolute atomic E-state index is 0.134. The Hall–Kier alpha value is -1.65. The Morgan fingerprint density at radius 2 is 1.57 bits per heavy atom. The number of piperidine rings is 1. The maximum absolute atomic E-state index is 12.6. The number of hydrogen-bond acceptors (Lipinski definition) is 5. The zero-order valence-corrected chi connectivity index (χ0v) is 17.7. The summed E-state index contributed by atoms with van der Waals surface area (Å²) in [5.74, 6) is -1.20. The standard InChI is InChI=1S/C17H17Cl2N3O4S2/c18-14-10-13(15(19)27-14)17(24)21-20-16(23)11-4-6-12(7-5-11)28(25,26)22-8-2-1-3-9-22/h4-7,10H,1-3,8-9H2,(H,20,23)(H,21,24). The molecule has 150 valence electrons. The van der Waals surface area contributed by atoms with E-state index in [4.69, 9.17) is 23.2 Å². The van der Waals surface area contributed by atoms with Gasteiger partial charge in [0.2, 0.25) is 10.0 Å². The first-order valence-electron chi connectivity index (χ1n) is 8.45.